The highest BCUT2D eigenvalue weighted by Gasteiger charge is 2.30. The van der Waals surface area contributed by atoms with E-state index in [0.29, 0.717) is 36.8 Å². The van der Waals surface area contributed by atoms with Gasteiger partial charge in [0.25, 0.3) is 0 Å². The third kappa shape index (κ3) is 4.33. The normalized spacial score (nSPS) is 12.4. The van der Waals surface area contributed by atoms with Crippen LogP contribution in [0.4, 0.5) is 0 Å². The summed E-state index contributed by atoms with van der Waals surface area (Å²) in [7, 11) is -8.78. The van der Waals surface area contributed by atoms with E-state index in [2.05, 4.69) is 0 Å². The molecule has 0 aliphatic heterocycles. The molecule has 0 saturated heterocycles. The number of benzene rings is 2. The molecule has 8 heteroatoms. The summed E-state index contributed by atoms with van der Waals surface area (Å²) >= 11 is 0. The van der Waals surface area contributed by atoms with E-state index in [1.54, 1.807) is 12.1 Å². The van der Waals surface area contributed by atoms with Gasteiger partial charge in [-0.05, 0) is 71.2 Å². The first-order valence-electron chi connectivity index (χ1n) is 9.43. The maximum Gasteiger partial charge on any atom is 0.356 e. The minimum Gasteiger partial charge on any atom is -0.321 e. The van der Waals surface area contributed by atoms with Crippen molar-refractivity contribution in [3.05, 3.63) is 46.5 Å². The van der Waals surface area contributed by atoms with E-state index in [9.17, 15) is 28.7 Å². The van der Waals surface area contributed by atoms with Crippen molar-refractivity contribution < 1.29 is 28.7 Å². The Labute approximate surface area is 166 Å². The van der Waals surface area contributed by atoms with E-state index in [1.807, 2.05) is 27.7 Å². The molecule has 0 aliphatic carbocycles. The summed E-state index contributed by atoms with van der Waals surface area (Å²) < 4.78 is 23.8. The smallest absolute Gasteiger partial charge is 0.321 e. The van der Waals surface area contributed by atoms with Crippen LogP contribution in [0.25, 0.3) is 11.1 Å². The van der Waals surface area contributed by atoms with E-state index >= 15 is 0 Å². The Kier molecular flexibility index (Phi) is 7.09. The van der Waals surface area contributed by atoms with E-state index in [-0.39, 0.29) is 10.6 Å². The molecule has 0 atom stereocenters. The predicted octanol–water partition coefficient (Wildman–Crippen LogP) is 3.21. The lowest BCUT2D eigenvalue weighted by Gasteiger charge is -2.26. The van der Waals surface area contributed by atoms with Gasteiger partial charge in [-0.3, -0.25) is 9.13 Å². The average molecular weight is 426 g/mol. The molecule has 0 bridgehead atoms. The Morgan fingerprint density at radius 2 is 1.04 bits per heavy atom. The second-order valence-corrected chi connectivity index (χ2v) is 9.83. The van der Waals surface area contributed by atoms with Gasteiger partial charge >= 0.3 is 15.2 Å². The molecule has 154 valence electrons. The minimum atomic E-state index is -4.45. The summed E-state index contributed by atoms with van der Waals surface area (Å²) in [6.45, 7) is 7.69. The van der Waals surface area contributed by atoms with Crippen molar-refractivity contribution in [3.63, 3.8) is 0 Å². The highest BCUT2D eigenvalue weighted by Crippen LogP contribution is 2.43. The summed E-state index contributed by atoms with van der Waals surface area (Å²) in [4.78, 5) is 38.9. The van der Waals surface area contributed by atoms with Crippen molar-refractivity contribution in [1.82, 2.24) is 0 Å². The molecular formula is C20H28O6P2. The number of rotatable bonds is 7. The molecule has 0 saturated carbocycles. The Balaban J connectivity index is 2.95. The van der Waals surface area contributed by atoms with Crippen LogP contribution < -0.4 is 10.6 Å². The Morgan fingerprint density at radius 1 is 0.643 bits per heavy atom. The molecule has 28 heavy (non-hydrogen) atoms. The van der Waals surface area contributed by atoms with Crippen LogP contribution in [0.5, 0.6) is 0 Å². The average Bonchev–Trinajstić information content (AvgIpc) is 2.63. The van der Waals surface area contributed by atoms with Crippen molar-refractivity contribution in [2.75, 3.05) is 0 Å². The third-order valence-electron chi connectivity index (χ3n) is 5.10. The molecule has 0 heterocycles. The Bertz CT molecular complexity index is 921. The van der Waals surface area contributed by atoms with Gasteiger partial charge in [-0.25, -0.2) is 0 Å². The molecule has 2 aromatic carbocycles. The zero-order chi connectivity index (χ0) is 21.3. The summed E-state index contributed by atoms with van der Waals surface area (Å²) in [5.74, 6) is 0. The van der Waals surface area contributed by atoms with E-state index in [4.69, 9.17) is 0 Å². The third-order valence-corrected chi connectivity index (χ3v) is 7.19. The van der Waals surface area contributed by atoms with Crippen LogP contribution in [-0.2, 0) is 34.8 Å². The Morgan fingerprint density at radius 3 is 1.32 bits per heavy atom. The first kappa shape index (κ1) is 23.0. The predicted molar refractivity (Wildman–Crippen MR) is 113 cm³/mol. The van der Waals surface area contributed by atoms with E-state index in [0.717, 1.165) is 22.3 Å². The zero-order valence-electron chi connectivity index (χ0n) is 16.6. The molecule has 0 amide bonds. The van der Waals surface area contributed by atoms with Crippen LogP contribution in [-0.4, -0.2) is 19.6 Å². The fraction of sp³-hybridized carbons (Fsp3) is 0.400. The first-order chi connectivity index (χ1) is 13.0. The van der Waals surface area contributed by atoms with Gasteiger partial charge in [0.2, 0.25) is 0 Å². The van der Waals surface area contributed by atoms with Crippen LogP contribution in [0.2, 0.25) is 0 Å². The standard InChI is InChI=1S/C20H28O6P2/c1-5-15-17(7-3)20(28(24,25)26)18(8-4)16(6-2)19(15)13-9-11-14(12-10-13)27(21,22)23/h9-12H,5-8H2,1-4H3,(H2,21,22,23)(H2,24,25,26). The van der Waals surface area contributed by atoms with Crippen LogP contribution in [0, 0.1) is 0 Å². The maximum absolute atomic E-state index is 12.3. The summed E-state index contributed by atoms with van der Waals surface area (Å²) in [6, 6.07) is 6.20. The molecule has 0 aromatic heterocycles. The van der Waals surface area contributed by atoms with Crippen LogP contribution in [0.3, 0.4) is 0 Å². The highest BCUT2D eigenvalue weighted by atomic mass is 31.2. The van der Waals surface area contributed by atoms with Crippen molar-refractivity contribution in [3.8, 4) is 11.1 Å². The van der Waals surface area contributed by atoms with Gasteiger partial charge in [0.05, 0.1) is 10.6 Å². The lowest BCUT2D eigenvalue weighted by atomic mass is 9.84. The molecule has 0 aliphatic rings. The van der Waals surface area contributed by atoms with Gasteiger partial charge in [-0.2, -0.15) is 0 Å². The number of hydrogen-bond donors (Lipinski definition) is 4. The van der Waals surface area contributed by atoms with Crippen LogP contribution in [0.1, 0.15) is 49.9 Å². The highest BCUT2D eigenvalue weighted by molar-refractivity contribution is 7.60. The zero-order valence-corrected chi connectivity index (χ0v) is 18.4. The second kappa shape index (κ2) is 8.62. The van der Waals surface area contributed by atoms with E-state index < -0.39 is 15.2 Å². The molecule has 0 fully saturated rings. The molecule has 2 aromatic rings. The molecule has 6 nitrogen and oxygen atoms in total. The lowest BCUT2D eigenvalue weighted by molar-refractivity contribution is 0.385. The largest absolute Gasteiger partial charge is 0.356 e. The fourth-order valence-electron chi connectivity index (χ4n) is 4.02. The van der Waals surface area contributed by atoms with Crippen molar-refractivity contribution in [1.29, 1.82) is 0 Å². The summed E-state index contributed by atoms with van der Waals surface area (Å²) in [6.07, 6.45) is 2.19. The monoisotopic (exact) mass is 426 g/mol. The van der Waals surface area contributed by atoms with E-state index in [1.165, 1.54) is 12.1 Å². The van der Waals surface area contributed by atoms with Gasteiger partial charge in [-0.15, -0.1) is 0 Å². The van der Waals surface area contributed by atoms with Gasteiger partial charge in [0.15, 0.2) is 0 Å². The van der Waals surface area contributed by atoms with Crippen molar-refractivity contribution in [2.45, 2.75) is 53.4 Å². The molecule has 4 N–H and O–H groups in total. The molecular weight excluding hydrogens is 398 g/mol. The van der Waals surface area contributed by atoms with Crippen molar-refractivity contribution in [2.24, 2.45) is 0 Å². The minimum absolute atomic E-state index is 0.0504. The van der Waals surface area contributed by atoms with Gasteiger partial charge in [-0.1, -0.05) is 39.8 Å². The van der Waals surface area contributed by atoms with Gasteiger partial charge in [0, 0.05) is 0 Å². The molecule has 0 radical (unpaired) electrons. The number of hydrogen-bond acceptors (Lipinski definition) is 2. The second-order valence-electron chi connectivity index (χ2n) is 6.69. The van der Waals surface area contributed by atoms with Crippen molar-refractivity contribution >= 4 is 25.8 Å². The lowest BCUT2D eigenvalue weighted by Crippen LogP contribution is -2.22. The fourth-order valence-corrected chi connectivity index (χ4v) is 5.84. The summed E-state index contributed by atoms with van der Waals surface area (Å²) in [5, 5.41) is 0.104. The van der Waals surface area contributed by atoms with Crippen LogP contribution in [0.15, 0.2) is 24.3 Å². The first-order valence-corrected chi connectivity index (χ1v) is 12.7. The molecule has 0 spiro atoms. The molecule has 2 rings (SSSR count). The van der Waals surface area contributed by atoms with Gasteiger partial charge < -0.3 is 19.6 Å². The quantitative estimate of drug-likeness (QED) is 0.506. The van der Waals surface area contributed by atoms with Gasteiger partial charge in [0.1, 0.15) is 0 Å². The SMILES string of the molecule is CCc1c(CC)c(P(=O)(O)O)c(CC)c(CC)c1-c1ccc(P(=O)(O)O)cc1. The molecule has 0 unspecified atom stereocenters. The maximum atomic E-state index is 12.3. The summed E-state index contributed by atoms with van der Waals surface area (Å²) in [5.41, 5.74) is 4.86. The van der Waals surface area contributed by atoms with Crippen LogP contribution >= 0.6 is 15.2 Å². The Hall–Kier alpha value is -1.26. The topological polar surface area (TPSA) is 115 Å².